The quantitative estimate of drug-likeness (QED) is 0.773. The number of ether oxygens (including phenoxy) is 2. The van der Waals surface area contributed by atoms with Crippen molar-refractivity contribution in [1.29, 1.82) is 0 Å². The van der Waals surface area contributed by atoms with Gasteiger partial charge in [-0.2, -0.15) is 0 Å². The van der Waals surface area contributed by atoms with Gasteiger partial charge in [0.05, 0.1) is 12.7 Å². The molecule has 1 aliphatic rings. The van der Waals surface area contributed by atoms with Gasteiger partial charge in [-0.1, -0.05) is 23.7 Å². The van der Waals surface area contributed by atoms with Crippen LogP contribution in [0.1, 0.15) is 24.8 Å². The van der Waals surface area contributed by atoms with Gasteiger partial charge < -0.3 is 14.4 Å². The number of rotatable bonds is 7. The number of morpholine rings is 1. The molecule has 1 fully saturated rings. The Hall–Kier alpha value is -1.10. The van der Waals surface area contributed by atoms with E-state index in [0.717, 1.165) is 24.3 Å². The molecule has 0 unspecified atom stereocenters. The molecule has 0 saturated carbocycles. The third-order valence-corrected chi connectivity index (χ3v) is 4.16. The first-order valence-corrected chi connectivity index (χ1v) is 8.19. The van der Waals surface area contributed by atoms with Crippen LogP contribution in [0.15, 0.2) is 24.3 Å². The van der Waals surface area contributed by atoms with E-state index >= 15 is 0 Å². The van der Waals surface area contributed by atoms with Crippen LogP contribution in [-0.4, -0.2) is 50.3 Å². The number of nitrogens with zero attached hydrogens (tertiary/aromatic N) is 1. The maximum atomic E-state index is 12.3. The standard InChI is InChI=1S/C17H24ClNO3/c1-21-11-9-16-13-19(10-12-22-16)17(20)4-2-3-14-5-7-15(18)8-6-14/h5-8,16H,2-4,9-13H2,1H3/t16-/m1/s1. The van der Waals surface area contributed by atoms with Crippen molar-refractivity contribution in [2.45, 2.75) is 31.8 Å². The number of hydrogen-bond acceptors (Lipinski definition) is 3. The first-order valence-electron chi connectivity index (χ1n) is 7.82. The molecule has 0 radical (unpaired) electrons. The van der Waals surface area contributed by atoms with E-state index in [-0.39, 0.29) is 12.0 Å². The van der Waals surface area contributed by atoms with Gasteiger partial charge in [0.25, 0.3) is 0 Å². The van der Waals surface area contributed by atoms with E-state index < -0.39 is 0 Å². The van der Waals surface area contributed by atoms with Crippen molar-refractivity contribution in [2.75, 3.05) is 33.4 Å². The summed E-state index contributed by atoms with van der Waals surface area (Å²) in [5.74, 6) is 0.222. The summed E-state index contributed by atoms with van der Waals surface area (Å²) in [6.45, 7) is 2.67. The molecular weight excluding hydrogens is 302 g/mol. The molecule has 4 nitrogen and oxygen atoms in total. The lowest BCUT2D eigenvalue weighted by Gasteiger charge is -2.33. The first kappa shape index (κ1) is 17.3. The Morgan fingerprint density at radius 1 is 1.41 bits per heavy atom. The molecular formula is C17H24ClNO3. The molecule has 1 aliphatic heterocycles. The van der Waals surface area contributed by atoms with Crippen molar-refractivity contribution < 1.29 is 14.3 Å². The maximum absolute atomic E-state index is 12.3. The molecule has 22 heavy (non-hydrogen) atoms. The number of carbonyl (C=O) groups is 1. The van der Waals surface area contributed by atoms with Crippen molar-refractivity contribution in [2.24, 2.45) is 0 Å². The summed E-state index contributed by atoms with van der Waals surface area (Å²) < 4.78 is 10.7. The largest absolute Gasteiger partial charge is 0.385 e. The Bertz CT molecular complexity index is 463. The van der Waals surface area contributed by atoms with Crippen LogP contribution in [-0.2, 0) is 20.7 Å². The van der Waals surface area contributed by atoms with Gasteiger partial charge in [-0.15, -0.1) is 0 Å². The van der Waals surface area contributed by atoms with Gasteiger partial charge in [-0.3, -0.25) is 4.79 Å². The molecule has 1 aromatic carbocycles. The summed E-state index contributed by atoms with van der Waals surface area (Å²) in [5, 5.41) is 0.746. The molecule has 2 rings (SSSR count). The van der Waals surface area contributed by atoms with Crippen LogP contribution in [0.5, 0.6) is 0 Å². The third-order valence-electron chi connectivity index (χ3n) is 3.90. The molecule has 1 amide bonds. The fourth-order valence-electron chi connectivity index (χ4n) is 2.62. The summed E-state index contributed by atoms with van der Waals surface area (Å²) in [7, 11) is 1.68. The Kier molecular flexibility index (Phi) is 7.16. The van der Waals surface area contributed by atoms with E-state index in [1.54, 1.807) is 7.11 Å². The zero-order valence-electron chi connectivity index (χ0n) is 13.1. The fourth-order valence-corrected chi connectivity index (χ4v) is 2.75. The van der Waals surface area contributed by atoms with Gasteiger partial charge in [0.2, 0.25) is 5.91 Å². The van der Waals surface area contributed by atoms with Gasteiger partial charge in [0.1, 0.15) is 0 Å². The number of hydrogen-bond donors (Lipinski definition) is 0. The second kappa shape index (κ2) is 9.13. The summed E-state index contributed by atoms with van der Waals surface area (Å²) >= 11 is 5.87. The highest BCUT2D eigenvalue weighted by molar-refractivity contribution is 6.30. The number of carbonyl (C=O) groups excluding carboxylic acids is 1. The SMILES string of the molecule is COCC[C@@H]1CN(C(=O)CCCc2ccc(Cl)cc2)CCO1. The second-order valence-corrected chi connectivity index (χ2v) is 6.03. The van der Waals surface area contributed by atoms with Crippen LogP contribution < -0.4 is 0 Å². The number of methoxy groups -OCH3 is 1. The second-order valence-electron chi connectivity index (χ2n) is 5.59. The highest BCUT2D eigenvalue weighted by Crippen LogP contribution is 2.14. The Morgan fingerprint density at radius 2 is 2.18 bits per heavy atom. The normalized spacial score (nSPS) is 18.5. The zero-order chi connectivity index (χ0) is 15.8. The number of halogens is 1. The van der Waals surface area contributed by atoms with Crippen LogP contribution in [0.3, 0.4) is 0 Å². The van der Waals surface area contributed by atoms with Crippen LogP contribution in [0.25, 0.3) is 0 Å². The number of aryl methyl sites for hydroxylation is 1. The van der Waals surface area contributed by atoms with E-state index in [4.69, 9.17) is 21.1 Å². The minimum atomic E-state index is 0.105. The molecule has 1 heterocycles. The van der Waals surface area contributed by atoms with Gasteiger partial charge in [-0.05, 0) is 37.0 Å². The minimum absolute atomic E-state index is 0.105. The summed E-state index contributed by atoms with van der Waals surface area (Å²) in [6.07, 6.45) is 3.29. The fraction of sp³-hybridized carbons (Fsp3) is 0.588. The predicted molar refractivity (Wildman–Crippen MR) is 87.2 cm³/mol. The molecule has 0 N–H and O–H groups in total. The summed E-state index contributed by atoms with van der Waals surface area (Å²) in [4.78, 5) is 14.2. The van der Waals surface area contributed by atoms with E-state index in [1.807, 2.05) is 29.2 Å². The highest BCUT2D eigenvalue weighted by atomic mass is 35.5. The number of amides is 1. The van der Waals surface area contributed by atoms with Gasteiger partial charge >= 0.3 is 0 Å². The van der Waals surface area contributed by atoms with Crippen molar-refractivity contribution in [3.8, 4) is 0 Å². The molecule has 1 atom stereocenters. The van der Waals surface area contributed by atoms with Crippen molar-refractivity contribution in [3.63, 3.8) is 0 Å². The van der Waals surface area contributed by atoms with E-state index in [1.165, 1.54) is 5.56 Å². The highest BCUT2D eigenvalue weighted by Gasteiger charge is 2.23. The van der Waals surface area contributed by atoms with Gasteiger partial charge in [0, 0.05) is 38.2 Å². The van der Waals surface area contributed by atoms with Gasteiger partial charge in [0.15, 0.2) is 0 Å². The van der Waals surface area contributed by atoms with E-state index in [2.05, 4.69) is 0 Å². The molecule has 122 valence electrons. The lowest BCUT2D eigenvalue weighted by Crippen LogP contribution is -2.45. The lowest BCUT2D eigenvalue weighted by molar-refractivity contribution is -0.139. The van der Waals surface area contributed by atoms with Crippen LogP contribution in [0.4, 0.5) is 0 Å². The summed E-state index contributed by atoms with van der Waals surface area (Å²) in [5.41, 5.74) is 1.22. The average molecular weight is 326 g/mol. The zero-order valence-corrected chi connectivity index (χ0v) is 13.8. The molecule has 1 saturated heterocycles. The van der Waals surface area contributed by atoms with E-state index in [9.17, 15) is 4.79 Å². The van der Waals surface area contributed by atoms with Crippen molar-refractivity contribution in [3.05, 3.63) is 34.9 Å². The number of benzene rings is 1. The molecule has 0 bridgehead atoms. The van der Waals surface area contributed by atoms with Crippen LogP contribution in [0, 0.1) is 0 Å². The van der Waals surface area contributed by atoms with Crippen LogP contribution in [0.2, 0.25) is 5.02 Å². The Morgan fingerprint density at radius 3 is 2.91 bits per heavy atom. The summed E-state index contributed by atoms with van der Waals surface area (Å²) in [6, 6.07) is 7.81. The Labute approximate surface area is 137 Å². The molecule has 0 aliphatic carbocycles. The smallest absolute Gasteiger partial charge is 0.222 e. The van der Waals surface area contributed by atoms with E-state index in [0.29, 0.717) is 32.7 Å². The third kappa shape index (κ3) is 5.59. The first-order chi connectivity index (χ1) is 10.7. The Balaban J connectivity index is 1.71. The predicted octanol–water partition coefficient (Wildman–Crippen LogP) is 2.93. The minimum Gasteiger partial charge on any atom is -0.385 e. The lowest BCUT2D eigenvalue weighted by atomic mass is 10.1. The van der Waals surface area contributed by atoms with Crippen molar-refractivity contribution >= 4 is 17.5 Å². The monoisotopic (exact) mass is 325 g/mol. The topological polar surface area (TPSA) is 38.8 Å². The molecule has 0 spiro atoms. The van der Waals surface area contributed by atoms with Gasteiger partial charge in [-0.25, -0.2) is 0 Å². The maximum Gasteiger partial charge on any atom is 0.222 e. The van der Waals surface area contributed by atoms with Crippen LogP contribution >= 0.6 is 11.6 Å². The average Bonchev–Trinajstić information content (AvgIpc) is 2.55. The molecule has 1 aromatic rings. The molecule has 0 aromatic heterocycles. The van der Waals surface area contributed by atoms with Crippen molar-refractivity contribution in [1.82, 2.24) is 4.90 Å². The molecule has 5 heteroatoms.